The molecular formula is C22H41N3O6Si2. The molecule has 1 N–H and O–H groups in total. The van der Waals surface area contributed by atoms with Gasteiger partial charge < -0.3 is 18.8 Å². The topological polar surface area (TPSA) is 109 Å². The molecule has 0 aliphatic carbocycles. The fourth-order valence-corrected chi connectivity index (χ4v) is 5.32. The molecule has 0 unspecified atom stereocenters. The minimum Gasteiger partial charge on any atom is -0.624 e. The van der Waals surface area contributed by atoms with E-state index in [2.05, 4.69) is 72.7 Å². The van der Waals surface area contributed by atoms with Crippen LogP contribution >= 0.6 is 0 Å². The number of hydroxylamine groups is 1. The number of aromatic amines is 1. The number of hydrogen-bond donors (Lipinski definition) is 1. The van der Waals surface area contributed by atoms with Crippen LogP contribution in [-0.4, -0.2) is 62.5 Å². The minimum absolute atomic E-state index is 0.0125. The van der Waals surface area contributed by atoms with Gasteiger partial charge in [-0.3, -0.25) is 14.3 Å². The lowest BCUT2D eigenvalue weighted by atomic mass is 10.1. The molecule has 0 radical (unpaired) electrons. The lowest BCUT2D eigenvalue weighted by Gasteiger charge is -2.39. The average molecular weight is 500 g/mol. The van der Waals surface area contributed by atoms with E-state index in [4.69, 9.17) is 13.6 Å². The maximum Gasteiger partial charge on any atom is 0.330 e. The number of nitrogens with one attached hydrogen (secondary N) is 1. The Hall–Kier alpha value is -1.54. The molecule has 3 atom stereocenters. The second kappa shape index (κ2) is 9.25. The molecule has 1 aromatic rings. The van der Waals surface area contributed by atoms with Gasteiger partial charge in [-0.2, -0.15) is 0 Å². The Morgan fingerprint density at radius 2 is 1.64 bits per heavy atom. The second-order valence-corrected chi connectivity index (χ2v) is 21.4. The van der Waals surface area contributed by atoms with Gasteiger partial charge in [0.1, 0.15) is 7.05 Å². The van der Waals surface area contributed by atoms with E-state index < -0.39 is 46.3 Å². The highest BCUT2D eigenvalue weighted by molar-refractivity contribution is 6.74. The van der Waals surface area contributed by atoms with Crippen LogP contribution in [0.2, 0.25) is 36.3 Å². The molecular weight excluding hydrogens is 458 g/mol. The average Bonchev–Trinajstić information content (AvgIpc) is 2.95. The molecule has 0 aromatic carbocycles. The summed E-state index contributed by atoms with van der Waals surface area (Å²) in [6.45, 7) is 21.4. The van der Waals surface area contributed by atoms with Crippen molar-refractivity contribution in [1.29, 1.82) is 0 Å². The van der Waals surface area contributed by atoms with Gasteiger partial charge in [0.05, 0.1) is 6.61 Å². The Morgan fingerprint density at radius 1 is 1.09 bits per heavy atom. The summed E-state index contributed by atoms with van der Waals surface area (Å²) in [6, 6.07) is 1.26. The van der Waals surface area contributed by atoms with Crippen LogP contribution in [0.3, 0.4) is 0 Å². The van der Waals surface area contributed by atoms with Crippen molar-refractivity contribution in [2.45, 2.75) is 96.2 Å². The normalized spacial score (nSPS) is 24.3. The Morgan fingerprint density at radius 3 is 2.09 bits per heavy atom. The van der Waals surface area contributed by atoms with Crippen molar-refractivity contribution in [1.82, 2.24) is 9.55 Å². The molecule has 1 fully saturated rings. The third kappa shape index (κ3) is 5.94. The quantitative estimate of drug-likeness (QED) is 0.278. The second-order valence-electron chi connectivity index (χ2n) is 11.8. The van der Waals surface area contributed by atoms with Gasteiger partial charge >= 0.3 is 5.69 Å². The van der Waals surface area contributed by atoms with E-state index in [0.717, 1.165) is 4.74 Å². The molecule has 33 heavy (non-hydrogen) atoms. The highest BCUT2D eigenvalue weighted by Gasteiger charge is 2.53. The highest BCUT2D eigenvalue weighted by Crippen LogP contribution is 2.41. The lowest BCUT2D eigenvalue weighted by Crippen LogP contribution is -2.50. The number of nitrogens with zero attached hydrogens (tertiary/aromatic N) is 2. The molecule has 0 saturated carbocycles. The first-order valence-electron chi connectivity index (χ1n) is 11.3. The zero-order valence-electron chi connectivity index (χ0n) is 21.9. The van der Waals surface area contributed by atoms with Crippen LogP contribution in [-0.2, 0) is 13.6 Å². The number of hydrogen-bond acceptors (Lipinski definition) is 6. The fourth-order valence-electron chi connectivity index (χ4n) is 3.10. The molecule has 1 aromatic heterocycles. The largest absolute Gasteiger partial charge is 0.624 e. The summed E-state index contributed by atoms with van der Waals surface area (Å²) >= 11 is 0. The van der Waals surface area contributed by atoms with Crippen LogP contribution in [0.25, 0.3) is 0 Å². The number of rotatable bonds is 6. The van der Waals surface area contributed by atoms with Crippen LogP contribution < -0.4 is 11.2 Å². The van der Waals surface area contributed by atoms with Crippen molar-refractivity contribution in [2.75, 3.05) is 13.7 Å². The van der Waals surface area contributed by atoms with Crippen LogP contribution in [0, 0.1) is 5.21 Å². The number of ether oxygens (including phenoxy) is 1. The molecule has 0 amide bonds. The Labute approximate surface area is 198 Å². The summed E-state index contributed by atoms with van der Waals surface area (Å²) in [5.41, 5.74) is -0.726. The van der Waals surface area contributed by atoms with Gasteiger partial charge in [0, 0.05) is 12.3 Å². The van der Waals surface area contributed by atoms with Crippen molar-refractivity contribution < 1.29 is 18.3 Å². The van der Waals surface area contributed by atoms with E-state index in [1.54, 1.807) is 0 Å². The van der Waals surface area contributed by atoms with Crippen molar-refractivity contribution >= 4 is 22.3 Å². The van der Waals surface area contributed by atoms with Crippen molar-refractivity contribution in [2.24, 2.45) is 0 Å². The van der Waals surface area contributed by atoms with Gasteiger partial charge in [0.2, 0.25) is 5.71 Å². The predicted octanol–water partition coefficient (Wildman–Crippen LogP) is 3.43. The zero-order valence-corrected chi connectivity index (χ0v) is 23.9. The summed E-state index contributed by atoms with van der Waals surface area (Å²) in [5.74, 6) is 0. The molecule has 1 aliphatic heterocycles. The lowest BCUT2D eigenvalue weighted by molar-refractivity contribution is -0.428. The van der Waals surface area contributed by atoms with Crippen LogP contribution in [0.15, 0.2) is 21.9 Å². The summed E-state index contributed by atoms with van der Waals surface area (Å²) in [6.07, 6.45) is -0.985. The summed E-state index contributed by atoms with van der Waals surface area (Å²) < 4.78 is 21.4. The number of H-pyrrole nitrogens is 1. The third-order valence-electron chi connectivity index (χ3n) is 7.30. The molecule has 9 nitrogen and oxygen atoms in total. The van der Waals surface area contributed by atoms with Gasteiger partial charge in [-0.15, -0.1) is 0 Å². The van der Waals surface area contributed by atoms with E-state index in [0.29, 0.717) is 5.71 Å². The molecule has 1 aliphatic rings. The first-order valence-corrected chi connectivity index (χ1v) is 17.2. The molecule has 0 spiro atoms. The van der Waals surface area contributed by atoms with E-state index in [9.17, 15) is 14.8 Å². The highest BCUT2D eigenvalue weighted by atomic mass is 28.4. The molecule has 2 heterocycles. The van der Waals surface area contributed by atoms with Gasteiger partial charge in [-0.05, 0) is 36.3 Å². The van der Waals surface area contributed by atoms with Crippen molar-refractivity contribution in [3.63, 3.8) is 0 Å². The van der Waals surface area contributed by atoms with E-state index in [-0.39, 0.29) is 16.7 Å². The van der Waals surface area contributed by atoms with Gasteiger partial charge in [0.15, 0.2) is 35.1 Å². The number of aromatic nitrogens is 2. The van der Waals surface area contributed by atoms with Gasteiger partial charge in [-0.25, -0.2) is 9.53 Å². The van der Waals surface area contributed by atoms with Gasteiger partial charge in [-0.1, -0.05) is 41.5 Å². The molecule has 0 bridgehead atoms. The predicted molar refractivity (Wildman–Crippen MR) is 135 cm³/mol. The smallest absolute Gasteiger partial charge is 0.330 e. The third-order valence-corrected chi connectivity index (χ3v) is 16.3. The van der Waals surface area contributed by atoms with E-state index in [1.807, 2.05) is 0 Å². The van der Waals surface area contributed by atoms with Crippen LogP contribution in [0.1, 0.15) is 47.8 Å². The van der Waals surface area contributed by atoms with Crippen molar-refractivity contribution in [3.8, 4) is 0 Å². The standard InChI is InChI=1S/C22H41N3O6Si2/c1-21(2,3)32(8,9)29-14-15-17(24(7)28)18(31-33(10,11)22(4,5)6)19(30-15)25-13-12-16(26)23-20(25)27/h12-13,15,18-19H,14H2,1-11H3,(H,23,26,27)/b24-17+/t15-,18-,19-/m1/s1. The summed E-state index contributed by atoms with van der Waals surface area (Å²) in [5, 5.41) is 12.6. The van der Waals surface area contributed by atoms with Crippen LogP contribution in [0.5, 0.6) is 0 Å². The molecule has 188 valence electrons. The zero-order chi connectivity index (χ0) is 25.6. The van der Waals surface area contributed by atoms with E-state index >= 15 is 0 Å². The van der Waals surface area contributed by atoms with Gasteiger partial charge in [0.25, 0.3) is 5.56 Å². The molecule has 11 heteroatoms. The maximum absolute atomic E-state index is 12.8. The Bertz CT molecular complexity index is 997. The minimum atomic E-state index is -2.37. The first-order chi connectivity index (χ1) is 14.8. The molecule has 2 rings (SSSR count). The molecule has 1 saturated heterocycles. The monoisotopic (exact) mass is 499 g/mol. The SMILES string of the molecule is C/[N+]([O-])=C1\[C@@H](O[Si](C)(C)C(C)(C)C)[C@H](n2ccc(=O)[nH]c2=O)O[C@@H]1CO[Si](C)(C)C(C)(C)C. The van der Waals surface area contributed by atoms with Crippen molar-refractivity contribution in [3.05, 3.63) is 38.3 Å². The summed E-state index contributed by atoms with van der Waals surface area (Å²) in [7, 11) is -3.07. The fraction of sp³-hybridized carbons (Fsp3) is 0.773. The Balaban J connectivity index is 2.54. The Kier molecular flexibility index (Phi) is 7.77. The summed E-state index contributed by atoms with van der Waals surface area (Å²) in [4.78, 5) is 26.5. The maximum atomic E-state index is 12.8. The first kappa shape index (κ1) is 27.7. The van der Waals surface area contributed by atoms with E-state index in [1.165, 1.54) is 23.9 Å². The van der Waals surface area contributed by atoms with Crippen LogP contribution in [0.4, 0.5) is 0 Å².